The van der Waals surface area contributed by atoms with Gasteiger partial charge in [0, 0.05) is 13.0 Å². The first-order chi connectivity index (χ1) is 17.3. The van der Waals surface area contributed by atoms with Crippen LogP contribution in [-0.4, -0.2) is 89.9 Å². The zero-order valence-corrected chi connectivity index (χ0v) is 21.2. The van der Waals surface area contributed by atoms with Crippen molar-refractivity contribution in [2.75, 3.05) is 20.8 Å². The summed E-state index contributed by atoms with van der Waals surface area (Å²) in [4.78, 5) is 39.6. The first-order valence-corrected chi connectivity index (χ1v) is 12.0. The van der Waals surface area contributed by atoms with Crippen LogP contribution >= 0.6 is 0 Å². The minimum Gasteiger partial charge on any atom is -0.493 e. The molecule has 1 aliphatic rings. The number of carboxylic acid groups (broad SMARTS) is 1. The van der Waals surface area contributed by atoms with Crippen molar-refractivity contribution in [1.82, 2.24) is 10.2 Å². The fourth-order valence-corrected chi connectivity index (χ4v) is 4.45. The van der Waals surface area contributed by atoms with Gasteiger partial charge in [0.15, 0.2) is 11.5 Å². The van der Waals surface area contributed by atoms with Crippen LogP contribution in [0.1, 0.15) is 37.0 Å². The molecule has 37 heavy (non-hydrogen) atoms. The Labute approximate surface area is 233 Å². The summed E-state index contributed by atoms with van der Waals surface area (Å²) in [6.45, 7) is 3.69. The molecule has 10 heteroatoms. The van der Waals surface area contributed by atoms with Gasteiger partial charge >= 0.3 is 35.0 Å². The highest BCUT2D eigenvalue weighted by molar-refractivity contribution is 5.88. The number of carbonyl (C=O) groups excluding carboxylic acids is 2. The number of ether oxygens (including phenoxy) is 3. The molecule has 3 rings (SSSR count). The number of nitrogens with zero attached hydrogens (tertiary/aromatic N) is 1. The molecule has 2 N–H and O–H groups in total. The molecule has 9 nitrogen and oxygen atoms in total. The molecule has 1 heterocycles. The van der Waals surface area contributed by atoms with Gasteiger partial charge in [-0.1, -0.05) is 30.3 Å². The van der Waals surface area contributed by atoms with Crippen molar-refractivity contribution in [1.29, 1.82) is 0 Å². The molecular weight excluding hydrogens is 489 g/mol. The standard InChI is InChI=1S/C27H34N2O7.Mg.2H/c1-5-36-27(33)21(12-11-18-9-7-6-8-10-18)28-17(2)25(30)29-16-20-15-24(35-4)23(34-3)14-19(20)13-22(29)26(31)32;;;/h6-10,14-15,17,21-22,28H,5,11-13,16H2,1-4H3,(H,31,32);;;/t17-,21-,22-;;;/m0.../s1. The molecule has 198 valence electrons. The van der Waals surface area contributed by atoms with Crippen LogP contribution in [0.3, 0.4) is 0 Å². The third-order valence-electron chi connectivity index (χ3n) is 6.36. The predicted octanol–water partition coefficient (Wildman–Crippen LogP) is 1.67. The largest absolute Gasteiger partial charge is 0.493 e. The monoisotopic (exact) mass is 524 g/mol. The summed E-state index contributed by atoms with van der Waals surface area (Å²) in [6, 6.07) is 10.7. The molecule has 1 amide bonds. The lowest BCUT2D eigenvalue weighted by molar-refractivity contribution is -0.153. The highest BCUT2D eigenvalue weighted by atomic mass is 24.3. The molecule has 2 aromatic carbocycles. The van der Waals surface area contributed by atoms with E-state index >= 15 is 0 Å². The molecule has 0 radical (unpaired) electrons. The Kier molecular flexibility index (Phi) is 11.7. The third-order valence-corrected chi connectivity index (χ3v) is 6.36. The van der Waals surface area contributed by atoms with Gasteiger partial charge in [-0.2, -0.15) is 0 Å². The van der Waals surface area contributed by atoms with Crippen LogP contribution in [0.2, 0.25) is 0 Å². The topological polar surface area (TPSA) is 114 Å². The first-order valence-electron chi connectivity index (χ1n) is 12.0. The summed E-state index contributed by atoms with van der Waals surface area (Å²) in [5.74, 6) is -0.930. The summed E-state index contributed by atoms with van der Waals surface area (Å²) < 4.78 is 15.9. The number of fused-ring (bicyclic) bond motifs is 1. The van der Waals surface area contributed by atoms with Crippen molar-refractivity contribution in [2.45, 2.75) is 57.8 Å². The van der Waals surface area contributed by atoms with E-state index in [4.69, 9.17) is 14.2 Å². The second kappa shape index (κ2) is 14.2. The van der Waals surface area contributed by atoms with E-state index in [-0.39, 0.29) is 42.6 Å². The fourth-order valence-electron chi connectivity index (χ4n) is 4.45. The van der Waals surface area contributed by atoms with Crippen LogP contribution in [0, 0.1) is 0 Å². The van der Waals surface area contributed by atoms with Gasteiger partial charge in [-0.15, -0.1) is 0 Å². The van der Waals surface area contributed by atoms with Crippen molar-refractivity contribution < 1.29 is 33.7 Å². The molecule has 0 aliphatic carbocycles. The number of carbonyl (C=O) groups is 3. The molecule has 2 aromatic rings. The predicted molar refractivity (Wildman–Crippen MR) is 142 cm³/mol. The number of benzene rings is 2. The second-order valence-electron chi connectivity index (χ2n) is 8.72. The van der Waals surface area contributed by atoms with Crippen LogP contribution in [0.15, 0.2) is 42.5 Å². The van der Waals surface area contributed by atoms with Gasteiger partial charge in [0.25, 0.3) is 0 Å². The summed E-state index contributed by atoms with van der Waals surface area (Å²) >= 11 is 0. The maximum Gasteiger partial charge on any atom is 0.326 e. The summed E-state index contributed by atoms with van der Waals surface area (Å²) in [5.41, 5.74) is 2.64. The van der Waals surface area contributed by atoms with E-state index in [0.29, 0.717) is 24.3 Å². The van der Waals surface area contributed by atoms with E-state index < -0.39 is 36.0 Å². The van der Waals surface area contributed by atoms with E-state index in [0.717, 1.165) is 16.7 Å². The summed E-state index contributed by atoms with van der Waals surface area (Å²) in [7, 11) is 3.04. The quantitative estimate of drug-likeness (QED) is 0.337. The third kappa shape index (κ3) is 7.59. The molecule has 0 aromatic heterocycles. The Bertz CT molecular complexity index is 1080. The Morgan fingerprint density at radius 1 is 1.08 bits per heavy atom. The number of nitrogens with one attached hydrogen (secondary N) is 1. The zero-order valence-electron chi connectivity index (χ0n) is 21.2. The SMILES string of the molecule is CCOC(=O)[C@H](CCc1ccccc1)N[C@@H](C)C(=O)N1Cc2cc(OC)c(OC)cc2C[C@H]1C(=O)O.[MgH2]. The number of amides is 1. The van der Waals surface area contributed by atoms with Crippen molar-refractivity contribution in [3.05, 3.63) is 59.2 Å². The van der Waals surface area contributed by atoms with Gasteiger partial charge in [0.1, 0.15) is 12.1 Å². The number of hydrogen-bond acceptors (Lipinski definition) is 7. The molecule has 3 atom stereocenters. The number of aryl methyl sites for hydroxylation is 1. The van der Waals surface area contributed by atoms with Gasteiger partial charge in [-0.25, -0.2) is 4.79 Å². The Morgan fingerprint density at radius 2 is 1.70 bits per heavy atom. The first kappa shape index (κ1) is 30.4. The van der Waals surface area contributed by atoms with Crippen molar-refractivity contribution in [2.24, 2.45) is 0 Å². The van der Waals surface area contributed by atoms with Gasteiger partial charge in [-0.05, 0) is 55.5 Å². The fraction of sp³-hybridized carbons (Fsp3) is 0.444. The van der Waals surface area contributed by atoms with Crippen LogP contribution in [0.25, 0.3) is 0 Å². The summed E-state index contributed by atoms with van der Waals surface area (Å²) in [6.07, 6.45) is 1.19. The van der Waals surface area contributed by atoms with Gasteiger partial charge in [0.05, 0.1) is 26.9 Å². The van der Waals surface area contributed by atoms with Gasteiger partial charge in [0.2, 0.25) is 5.91 Å². The maximum absolute atomic E-state index is 13.5. The summed E-state index contributed by atoms with van der Waals surface area (Å²) in [5, 5.41) is 13.0. The normalized spacial score (nSPS) is 16.0. The Balaban J connectivity index is 0.00000481. The zero-order chi connectivity index (χ0) is 26.2. The number of methoxy groups -OCH3 is 2. The van der Waals surface area contributed by atoms with Gasteiger partial charge < -0.3 is 24.2 Å². The molecular formula is C27H36MgN2O7. The van der Waals surface area contributed by atoms with E-state index in [1.54, 1.807) is 26.0 Å². The average molecular weight is 525 g/mol. The number of aliphatic carboxylic acids is 1. The molecule has 0 saturated heterocycles. The lowest BCUT2D eigenvalue weighted by Crippen LogP contribution is -2.56. The molecule has 0 fully saturated rings. The van der Waals surface area contributed by atoms with E-state index in [1.165, 1.54) is 19.1 Å². The number of carboxylic acids is 1. The highest BCUT2D eigenvalue weighted by Crippen LogP contribution is 2.35. The highest BCUT2D eigenvalue weighted by Gasteiger charge is 2.38. The minimum absolute atomic E-state index is 0. The van der Waals surface area contributed by atoms with Gasteiger partial charge in [-0.3, -0.25) is 14.9 Å². The van der Waals surface area contributed by atoms with Crippen LogP contribution in [0.5, 0.6) is 11.5 Å². The lowest BCUT2D eigenvalue weighted by atomic mass is 9.92. The second-order valence-corrected chi connectivity index (χ2v) is 8.72. The molecule has 0 saturated carbocycles. The molecule has 0 unspecified atom stereocenters. The lowest BCUT2D eigenvalue weighted by Gasteiger charge is -2.37. The average Bonchev–Trinajstić information content (AvgIpc) is 2.89. The van der Waals surface area contributed by atoms with Crippen LogP contribution in [-0.2, 0) is 38.5 Å². The Morgan fingerprint density at radius 3 is 2.27 bits per heavy atom. The minimum atomic E-state index is -1.10. The number of rotatable bonds is 11. The van der Waals surface area contributed by atoms with Crippen molar-refractivity contribution in [3.8, 4) is 11.5 Å². The molecule has 0 spiro atoms. The molecule has 1 aliphatic heterocycles. The van der Waals surface area contributed by atoms with Crippen LogP contribution in [0.4, 0.5) is 0 Å². The van der Waals surface area contributed by atoms with E-state index in [1.807, 2.05) is 30.3 Å². The Hall–Kier alpha value is -2.82. The maximum atomic E-state index is 13.5. The number of hydrogen-bond donors (Lipinski definition) is 2. The van der Waals surface area contributed by atoms with E-state index in [2.05, 4.69) is 5.32 Å². The smallest absolute Gasteiger partial charge is 0.326 e. The molecule has 0 bridgehead atoms. The van der Waals surface area contributed by atoms with Crippen molar-refractivity contribution >= 4 is 40.9 Å². The number of esters is 1. The van der Waals surface area contributed by atoms with E-state index in [9.17, 15) is 19.5 Å². The van der Waals surface area contributed by atoms with Crippen LogP contribution < -0.4 is 14.8 Å². The van der Waals surface area contributed by atoms with Crippen molar-refractivity contribution in [3.63, 3.8) is 0 Å².